The van der Waals surface area contributed by atoms with Crippen molar-refractivity contribution in [1.82, 2.24) is 9.97 Å². The zero-order valence-electron chi connectivity index (χ0n) is 21.1. The van der Waals surface area contributed by atoms with Gasteiger partial charge in [-0.15, -0.1) is 11.3 Å². The number of non-ortho nitro benzene ring substituents is 1. The first kappa shape index (κ1) is 25.1. The second-order valence-electron chi connectivity index (χ2n) is 9.48. The van der Waals surface area contributed by atoms with Crippen LogP contribution in [0.1, 0.15) is 23.6 Å². The van der Waals surface area contributed by atoms with Crippen LogP contribution in [0.25, 0.3) is 33.1 Å². The number of benzene rings is 3. The van der Waals surface area contributed by atoms with E-state index in [1.165, 1.54) is 23.5 Å². The molecule has 1 aliphatic heterocycles. The van der Waals surface area contributed by atoms with E-state index in [-0.39, 0.29) is 11.7 Å². The quantitative estimate of drug-likeness (QED) is 0.0905. The smallest absolute Gasteiger partial charge is 0.345 e. The zero-order chi connectivity index (χ0) is 28.1. The van der Waals surface area contributed by atoms with Gasteiger partial charge in [0.15, 0.2) is 0 Å². The number of para-hydroxylation sites is 2. The lowest BCUT2D eigenvalue weighted by molar-refractivity contribution is -0.384. The molecule has 0 spiro atoms. The molecular weight excluding hydrogens is 562 g/mol. The fraction of sp³-hybridized carbons (Fsp3) is 0.0667. The molecular formula is C30H18ClN5O4S. The molecule has 0 N–H and O–H groups in total. The van der Waals surface area contributed by atoms with E-state index in [2.05, 4.69) is 4.98 Å². The first-order chi connectivity index (χ1) is 19.9. The fourth-order valence-corrected chi connectivity index (χ4v) is 6.05. The lowest BCUT2D eigenvalue weighted by Gasteiger charge is -2.22. The second kappa shape index (κ2) is 9.92. The van der Waals surface area contributed by atoms with Crippen LogP contribution in [0.4, 0.5) is 10.8 Å². The average molecular weight is 580 g/mol. The Hall–Kier alpha value is -4.93. The third-order valence-corrected chi connectivity index (χ3v) is 8.12. The Kier molecular flexibility index (Phi) is 6.06. The van der Waals surface area contributed by atoms with Crippen molar-refractivity contribution in [2.24, 2.45) is 5.10 Å². The van der Waals surface area contributed by atoms with Gasteiger partial charge in [0.1, 0.15) is 10.7 Å². The minimum Gasteiger partial charge on any atom is -0.422 e. The monoisotopic (exact) mass is 579 g/mol. The van der Waals surface area contributed by atoms with E-state index in [0.717, 1.165) is 33.1 Å². The summed E-state index contributed by atoms with van der Waals surface area (Å²) in [6.45, 7) is 0. The molecule has 9 nitrogen and oxygen atoms in total. The summed E-state index contributed by atoms with van der Waals surface area (Å²) in [5.41, 5.74) is 3.88. The molecule has 0 amide bonds. The fourth-order valence-electron chi connectivity index (χ4n) is 4.96. The molecule has 0 radical (unpaired) electrons. The Labute approximate surface area is 241 Å². The molecule has 0 saturated heterocycles. The number of thiazole rings is 1. The van der Waals surface area contributed by atoms with Gasteiger partial charge >= 0.3 is 5.63 Å². The van der Waals surface area contributed by atoms with Crippen LogP contribution in [0.15, 0.2) is 105 Å². The third kappa shape index (κ3) is 4.52. The van der Waals surface area contributed by atoms with Gasteiger partial charge < -0.3 is 4.42 Å². The molecule has 0 aliphatic carbocycles. The van der Waals surface area contributed by atoms with E-state index in [1.54, 1.807) is 34.7 Å². The number of halogens is 1. The minimum atomic E-state index is -0.477. The number of hydrazone groups is 1. The molecule has 3 aromatic carbocycles. The molecule has 3 aromatic heterocycles. The van der Waals surface area contributed by atoms with Gasteiger partial charge in [-0.1, -0.05) is 48.0 Å². The molecule has 41 heavy (non-hydrogen) atoms. The van der Waals surface area contributed by atoms with Crippen molar-refractivity contribution in [3.05, 3.63) is 127 Å². The molecule has 0 saturated carbocycles. The van der Waals surface area contributed by atoms with Crippen LogP contribution in [-0.4, -0.2) is 20.6 Å². The number of pyridine rings is 1. The van der Waals surface area contributed by atoms with Gasteiger partial charge in [0.05, 0.1) is 33.5 Å². The van der Waals surface area contributed by atoms with E-state index >= 15 is 0 Å². The highest BCUT2D eigenvalue weighted by Gasteiger charge is 2.34. The number of nitro benzene ring substituents is 1. The number of hydrogen-bond acceptors (Lipinski definition) is 9. The zero-order valence-corrected chi connectivity index (χ0v) is 22.7. The van der Waals surface area contributed by atoms with Crippen LogP contribution >= 0.6 is 22.9 Å². The van der Waals surface area contributed by atoms with Crippen molar-refractivity contribution in [3.8, 4) is 11.3 Å². The molecule has 6 aromatic rings. The van der Waals surface area contributed by atoms with Gasteiger partial charge in [-0.3, -0.25) is 10.1 Å². The lowest BCUT2D eigenvalue weighted by Crippen LogP contribution is -2.19. The van der Waals surface area contributed by atoms with Crippen molar-refractivity contribution in [3.63, 3.8) is 0 Å². The molecule has 4 heterocycles. The standard InChI is InChI=1S/C30H18ClN5O4S/c31-28-22(13-18-5-1-3-7-23(18)32-28)26-15-24(17-9-11-20(12-10-17)36(38)39)34-35(26)30-33-25(16-41-30)21-14-19-6-2-4-8-27(19)40-29(21)37/h1-14,16,26H,15H2. The van der Waals surface area contributed by atoms with Crippen LogP contribution in [0.3, 0.4) is 0 Å². The van der Waals surface area contributed by atoms with Crippen LogP contribution < -0.4 is 10.6 Å². The van der Waals surface area contributed by atoms with E-state index in [1.807, 2.05) is 48.5 Å². The van der Waals surface area contributed by atoms with Crippen LogP contribution in [0, 0.1) is 10.1 Å². The Morgan fingerprint density at radius 1 is 0.976 bits per heavy atom. The first-order valence-electron chi connectivity index (χ1n) is 12.6. The van der Waals surface area contributed by atoms with E-state index in [9.17, 15) is 14.9 Å². The van der Waals surface area contributed by atoms with E-state index in [4.69, 9.17) is 26.1 Å². The van der Waals surface area contributed by atoms with Crippen molar-refractivity contribution >= 4 is 61.3 Å². The number of aromatic nitrogens is 2. The maximum atomic E-state index is 12.8. The summed E-state index contributed by atoms with van der Waals surface area (Å²) >= 11 is 8.07. The number of anilines is 1. The number of nitro groups is 1. The SMILES string of the molecule is O=c1oc2ccccc2cc1-c1csc(N2N=C(c3ccc([N+](=O)[O-])cc3)CC2c2cc3ccccc3nc2Cl)n1. The highest BCUT2D eigenvalue weighted by Crippen LogP contribution is 2.42. The Bertz CT molecular complexity index is 2070. The van der Waals surface area contributed by atoms with Crippen molar-refractivity contribution in [2.45, 2.75) is 12.5 Å². The molecule has 1 unspecified atom stereocenters. The highest BCUT2D eigenvalue weighted by atomic mass is 35.5. The van der Waals surface area contributed by atoms with Crippen molar-refractivity contribution < 1.29 is 9.34 Å². The minimum absolute atomic E-state index is 0.00121. The number of nitrogens with zero attached hydrogens (tertiary/aromatic N) is 5. The normalized spacial score (nSPS) is 15.0. The highest BCUT2D eigenvalue weighted by molar-refractivity contribution is 7.14. The lowest BCUT2D eigenvalue weighted by atomic mass is 9.98. The predicted octanol–water partition coefficient (Wildman–Crippen LogP) is 7.38. The van der Waals surface area contributed by atoms with Gasteiger partial charge in [-0.05, 0) is 42.0 Å². The second-order valence-corrected chi connectivity index (χ2v) is 10.7. The molecule has 0 fully saturated rings. The summed E-state index contributed by atoms with van der Waals surface area (Å²) in [7, 11) is 0. The molecule has 0 bridgehead atoms. The van der Waals surface area contributed by atoms with Crippen LogP contribution in [-0.2, 0) is 0 Å². The maximum absolute atomic E-state index is 12.8. The van der Waals surface area contributed by atoms with Gasteiger partial charge in [-0.25, -0.2) is 19.8 Å². The summed E-state index contributed by atoms with van der Waals surface area (Å²) in [5, 5.41) is 22.3. The summed E-state index contributed by atoms with van der Waals surface area (Å²) < 4.78 is 5.52. The van der Waals surface area contributed by atoms with Crippen LogP contribution in [0.5, 0.6) is 0 Å². The van der Waals surface area contributed by atoms with Gasteiger partial charge in [0.2, 0.25) is 5.13 Å². The topological polar surface area (TPSA) is 115 Å². The summed E-state index contributed by atoms with van der Waals surface area (Å²) in [5.74, 6) is 0. The summed E-state index contributed by atoms with van der Waals surface area (Å²) in [6, 6.07) is 24.8. The molecule has 1 aliphatic rings. The van der Waals surface area contributed by atoms with Gasteiger partial charge in [-0.2, -0.15) is 5.10 Å². The Balaban J connectivity index is 1.32. The predicted molar refractivity (Wildman–Crippen MR) is 160 cm³/mol. The van der Waals surface area contributed by atoms with Crippen molar-refractivity contribution in [2.75, 3.05) is 5.01 Å². The number of fused-ring (bicyclic) bond motifs is 2. The van der Waals surface area contributed by atoms with Crippen molar-refractivity contribution in [1.29, 1.82) is 0 Å². The number of hydrogen-bond donors (Lipinski definition) is 0. The van der Waals surface area contributed by atoms with E-state index < -0.39 is 10.5 Å². The summed E-state index contributed by atoms with van der Waals surface area (Å²) in [6.07, 6.45) is 0.463. The molecule has 200 valence electrons. The Morgan fingerprint density at radius 2 is 1.73 bits per heavy atom. The molecule has 1 atom stereocenters. The molecule has 7 rings (SSSR count). The van der Waals surface area contributed by atoms with E-state index in [0.29, 0.717) is 33.5 Å². The number of rotatable bonds is 5. The van der Waals surface area contributed by atoms with Crippen LogP contribution in [0.2, 0.25) is 5.15 Å². The maximum Gasteiger partial charge on any atom is 0.345 e. The largest absolute Gasteiger partial charge is 0.422 e. The van der Waals surface area contributed by atoms with Gasteiger partial charge in [0, 0.05) is 40.3 Å². The summed E-state index contributed by atoms with van der Waals surface area (Å²) in [4.78, 5) is 33.0. The average Bonchev–Trinajstić information content (AvgIpc) is 3.64. The molecule has 11 heteroatoms. The van der Waals surface area contributed by atoms with Gasteiger partial charge in [0.25, 0.3) is 5.69 Å². The Morgan fingerprint density at radius 3 is 2.54 bits per heavy atom. The third-order valence-electron chi connectivity index (χ3n) is 6.99. The first-order valence-corrected chi connectivity index (χ1v) is 13.9.